The van der Waals surface area contributed by atoms with Gasteiger partial charge in [0.2, 0.25) is 0 Å². The second kappa shape index (κ2) is 8.83. The maximum atomic E-state index is 10.7. The predicted octanol–water partition coefficient (Wildman–Crippen LogP) is 2.07. The molecule has 0 aliphatic heterocycles. The normalized spacial score (nSPS) is 8.38. The second-order valence-electron chi connectivity index (χ2n) is 3.70. The molecule has 0 radical (unpaired) electrons. The Hall–Kier alpha value is -1.45. The molecule has 0 amide bonds. The fourth-order valence-corrected chi connectivity index (χ4v) is 0.708. The SMILES string of the molecule is CC(=O)CC(C)=O.COC(=O)C(C)=C(C)C. The molecule has 92 valence electrons. The van der Waals surface area contributed by atoms with Crippen LogP contribution in [0.2, 0.25) is 0 Å². The van der Waals surface area contributed by atoms with Gasteiger partial charge < -0.3 is 4.74 Å². The van der Waals surface area contributed by atoms with Gasteiger partial charge in [0.25, 0.3) is 0 Å². The Morgan fingerprint density at radius 1 is 0.875 bits per heavy atom. The number of methoxy groups -OCH3 is 1. The van der Waals surface area contributed by atoms with E-state index in [4.69, 9.17) is 0 Å². The molecule has 0 aromatic heterocycles. The van der Waals surface area contributed by atoms with Crippen molar-refractivity contribution < 1.29 is 19.1 Å². The van der Waals surface area contributed by atoms with Gasteiger partial charge in [0.15, 0.2) is 0 Å². The number of hydrogen-bond donors (Lipinski definition) is 0. The van der Waals surface area contributed by atoms with Crippen molar-refractivity contribution in [1.82, 2.24) is 0 Å². The number of allylic oxidation sites excluding steroid dienone is 1. The average molecular weight is 228 g/mol. The van der Waals surface area contributed by atoms with Gasteiger partial charge in [-0.3, -0.25) is 9.59 Å². The molecule has 0 aromatic rings. The zero-order chi connectivity index (χ0) is 13.3. The van der Waals surface area contributed by atoms with Crippen molar-refractivity contribution in [2.75, 3.05) is 7.11 Å². The van der Waals surface area contributed by atoms with Crippen LogP contribution in [0.4, 0.5) is 0 Å². The Balaban J connectivity index is 0. The molecular formula is C12H20O4. The summed E-state index contributed by atoms with van der Waals surface area (Å²) in [6, 6.07) is 0. The molecule has 4 heteroatoms. The van der Waals surface area contributed by atoms with Crippen molar-refractivity contribution in [2.24, 2.45) is 0 Å². The minimum Gasteiger partial charge on any atom is -0.466 e. The van der Waals surface area contributed by atoms with Gasteiger partial charge in [-0.15, -0.1) is 0 Å². The zero-order valence-corrected chi connectivity index (χ0v) is 10.8. The van der Waals surface area contributed by atoms with E-state index in [1.165, 1.54) is 21.0 Å². The molecular weight excluding hydrogens is 208 g/mol. The standard InChI is InChI=1S/C7H12O2.C5H8O2/c1-5(2)6(3)7(8)9-4;1-4(6)3-5(2)7/h1-4H3;3H2,1-2H3. The van der Waals surface area contributed by atoms with Gasteiger partial charge in [-0.1, -0.05) is 5.57 Å². The minimum atomic E-state index is -0.241. The summed E-state index contributed by atoms with van der Waals surface area (Å²) in [5, 5.41) is 0. The highest BCUT2D eigenvalue weighted by Gasteiger charge is 2.02. The quantitative estimate of drug-likeness (QED) is 0.421. The highest BCUT2D eigenvalue weighted by atomic mass is 16.5. The lowest BCUT2D eigenvalue weighted by molar-refractivity contribution is -0.136. The van der Waals surface area contributed by atoms with Crippen molar-refractivity contribution in [1.29, 1.82) is 0 Å². The maximum Gasteiger partial charge on any atom is 0.333 e. The molecule has 0 rings (SSSR count). The fourth-order valence-electron chi connectivity index (χ4n) is 0.708. The molecule has 0 saturated heterocycles. The fraction of sp³-hybridized carbons (Fsp3) is 0.583. The number of carbonyl (C=O) groups is 3. The highest BCUT2D eigenvalue weighted by Crippen LogP contribution is 2.02. The average Bonchev–Trinajstić information content (AvgIpc) is 2.14. The number of hydrogen-bond acceptors (Lipinski definition) is 4. The summed E-state index contributed by atoms with van der Waals surface area (Å²) in [4.78, 5) is 30.7. The van der Waals surface area contributed by atoms with Crippen molar-refractivity contribution in [2.45, 2.75) is 41.0 Å². The van der Waals surface area contributed by atoms with Crippen LogP contribution >= 0.6 is 0 Å². The first-order valence-corrected chi connectivity index (χ1v) is 4.93. The van der Waals surface area contributed by atoms with E-state index in [2.05, 4.69) is 4.74 Å². The van der Waals surface area contributed by atoms with Gasteiger partial charge >= 0.3 is 5.97 Å². The highest BCUT2D eigenvalue weighted by molar-refractivity contribution is 5.96. The monoisotopic (exact) mass is 228 g/mol. The van der Waals surface area contributed by atoms with Gasteiger partial charge in [-0.2, -0.15) is 0 Å². The molecule has 0 spiro atoms. The van der Waals surface area contributed by atoms with Crippen LogP contribution in [0.1, 0.15) is 41.0 Å². The van der Waals surface area contributed by atoms with Crippen molar-refractivity contribution in [3.63, 3.8) is 0 Å². The van der Waals surface area contributed by atoms with Crippen LogP contribution in [0.25, 0.3) is 0 Å². The second-order valence-corrected chi connectivity index (χ2v) is 3.70. The number of esters is 1. The largest absolute Gasteiger partial charge is 0.466 e. The van der Waals surface area contributed by atoms with Crippen LogP contribution in [0.15, 0.2) is 11.1 Å². The van der Waals surface area contributed by atoms with Gasteiger partial charge in [-0.05, 0) is 34.6 Å². The lowest BCUT2D eigenvalue weighted by Crippen LogP contribution is -2.02. The topological polar surface area (TPSA) is 60.4 Å². The van der Waals surface area contributed by atoms with Crippen molar-refractivity contribution in [3.05, 3.63) is 11.1 Å². The van der Waals surface area contributed by atoms with Crippen LogP contribution in [0, 0.1) is 0 Å². The molecule has 16 heavy (non-hydrogen) atoms. The molecule has 0 saturated carbocycles. The number of carbonyl (C=O) groups excluding carboxylic acids is 3. The van der Waals surface area contributed by atoms with E-state index in [1.807, 2.05) is 13.8 Å². The minimum absolute atomic E-state index is 0.0625. The van der Waals surface area contributed by atoms with Crippen molar-refractivity contribution in [3.8, 4) is 0 Å². The Morgan fingerprint density at radius 3 is 1.31 bits per heavy atom. The lowest BCUT2D eigenvalue weighted by Gasteiger charge is -1.98. The molecule has 0 fully saturated rings. The van der Waals surface area contributed by atoms with Crippen LogP contribution in [-0.2, 0) is 19.1 Å². The van der Waals surface area contributed by atoms with E-state index in [1.54, 1.807) is 6.92 Å². The summed E-state index contributed by atoms with van der Waals surface area (Å²) in [7, 11) is 1.38. The van der Waals surface area contributed by atoms with Crippen LogP contribution in [-0.4, -0.2) is 24.6 Å². The van der Waals surface area contributed by atoms with Crippen molar-refractivity contribution >= 4 is 17.5 Å². The smallest absolute Gasteiger partial charge is 0.333 e. The predicted molar refractivity (Wildman–Crippen MR) is 62.0 cm³/mol. The number of ketones is 2. The van der Waals surface area contributed by atoms with Crippen LogP contribution < -0.4 is 0 Å². The Bertz CT molecular complexity index is 284. The van der Waals surface area contributed by atoms with Crippen LogP contribution in [0.3, 0.4) is 0 Å². The molecule has 0 N–H and O–H groups in total. The summed E-state index contributed by atoms with van der Waals surface area (Å²) in [6.45, 7) is 8.32. The van der Waals surface area contributed by atoms with E-state index in [-0.39, 0.29) is 24.0 Å². The number of ether oxygens (including phenoxy) is 1. The van der Waals surface area contributed by atoms with E-state index in [9.17, 15) is 14.4 Å². The first kappa shape index (κ1) is 17.0. The maximum absolute atomic E-state index is 10.7. The van der Waals surface area contributed by atoms with Gasteiger partial charge in [0, 0.05) is 5.57 Å². The molecule has 0 unspecified atom stereocenters. The van der Waals surface area contributed by atoms with Crippen LogP contribution in [0.5, 0.6) is 0 Å². The third kappa shape index (κ3) is 10.6. The van der Waals surface area contributed by atoms with E-state index in [0.717, 1.165) is 5.57 Å². The summed E-state index contributed by atoms with van der Waals surface area (Å²) >= 11 is 0. The van der Waals surface area contributed by atoms with Gasteiger partial charge in [0.05, 0.1) is 13.5 Å². The Morgan fingerprint density at radius 2 is 1.25 bits per heavy atom. The Labute approximate surface area is 96.7 Å². The van der Waals surface area contributed by atoms with Gasteiger partial charge in [-0.25, -0.2) is 4.79 Å². The first-order chi connectivity index (χ1) is 7.22. The molecule has 0 aliphatic rings. The first-order valence-electron chi connectivity index (χ1n) is 4.93. The summed E-state index contributed by atoms with van der Waals surface area (Å²) < 4.78 is 4.48. The lowest BCUT2D eigenvalue weighted by atomic mass is 10.2. The molecule has 0 heterocycles. The molecule has 0 atom stereocenters. The Kier molecular flexibility index (Phi) is 9.36. The third-order valence-electron chi connectivity index (χ3n) is 1.74. The summed E-state index contributed by atoms with van der Waals surface area (Å²) in [6.07, 6.45) is 0.0833. The van der Waals surface area contributed by atoms with Gasteiger partial charge in [0.1, 0.15) is 11.6 Å². The summed E-state index contributed by atoms with van der Waals surface area (Å²) in [5.74, 6) is -0.366. The number of Topliss-reactive ketones (excluding diaryl/α,β-unsaturated/α-hetero) is 2. The van der Waals surface area contributed by atoms with E-state index in [0.29, 0.717) is 5.57 Å². The molecule has 0 aliphatic carbocycles. The molecule has 0 aromatic carbocycles. The van der Waals surface area contributed by atoms with E-state index < -0.39 is 0 Å². The molecule has 4 nitrogen and oxygen atoms in total. The number of rotatable bonds is 3. The summed E-state index contributed by atoms with van der Waals surface area (Å²) in [5.41, 5.74) is 1.69. The van der Waals surface area contributed by atoms with E-state index >= 15 is 0 Å². The third-order valence-corrected chi connectivity index (χ3v) is 1.74. The zero-order valence-electron chi connectivity index (χ0n) is 10.8. The molecule has 0 bridgehead atoms.